The Labute approximate surface area is 122 Å². The van der Waals surface area contributed by atoms with Crippen molar-refractivity contribution in [1.82, 2.24) is 10.2 Å². The van der Waals surface area contributed by atoms with Crippen LogP contribution in [0.25, 0.3) is 6.08 Å². The van der Waals surface area contributed by atoms with Crippen LogP contribution >= 0.6 is 11.3 Å². The minimum Gasteiger partial charge on any atom is -0.356 e. The summed E-state index contributed by atoms with van der Waals surface area (Å²) in [7, 11) is 0. The van der Waals surface area contributed by atoms with Gasteiger partial charge >= 0.3 is 0 Å². The summed E-state index contributed by atoms with van der Waals surface area (Å²) in [5, 5.41) is 4.91. The second-order valence-electron chi connectivity index (χ2n) is 5.63. The maximum atomic E-state index is 12.1. The topological polar surface area (TPSA) is 49.4 Å². The van der Waals surface area contributed by atoms with Crippen molar-refractivity contribution in [1.29, 1.82) is 0 Å². The first-order chi connectivity index (χ1) is 9.67. The summed E-state index contributed by atoms with van der Waals surface area (Å²) < 4.78 is 0. The Hall–Kier alpha value is -1.62. The van der Waals surface area contributed by atoms with E-state index in [1.54, 1.807) is 17.4 Å². The van der Waals surface area contributed by atoms with Gasteiger partial charge in [0, 0.05) is 37.0 Å². The van der Waals surface area contributed by atoms with Gasteiger partial charge < -0.3 is 10.2 Å². The SMILES string of the molecule is O=C1CC2(CCN(C(=O)/C=C/c3cccs3)CC2)CN1. The maximum absolute atomic E-state index is 12.1. The highest BCUT2D eigenvalue weighted by atomic mass is 32.1. The molecule has 2 aliphatic rings. The maximum Gasteiger partial charge on any atom is 0.246 e. The fourth-order valence-electron chi connectivity index (χ4n) is 2.95. The van der Waals surface area contributed by atoms with Crippen molar-refractivity contribution in [2.24, 2.45) is 5.41 Å². The number of nitrogens with one attached hydrogen (secondary N) is 1. The molecule has 1 spiro atoms. The molecule has 0 saturated carbocycles. The molecule has 1 aromatic heterocycles. The van der Waals surface area contributed by atoms with E-state index in [0.29, 0.717) is 6.42 Å². The minimum atomic E-state index is 0.0746. The van der Waals surface area contributed by atoms with Crippen LogP contribution < -0.4 is 5.32 Å². The van der Waals surface area contributed by atoms with Gasteiger partial charge in [0.1, 0.15) is 0 Å². The van der Waals surface area contributed by atoms with Crippen molar-refractivity contribution in [2.75, 3.05) is 19.6 Å². The zero-order valence-electron chi connectivity index (χ0n) is 11.3. The number of likely N-dealkylation sites (tertiary alicyclic amines) is 1. The standard InChI is InChI=1S/C15H18N2O2S/c18-13-10-15(11-16-13)5-7-17(8-6-15)14(19)4-3-12-2-1-9-20-12/h1-4,9H,5-8,10-11H2,(H,16,18)/b4-3+. The number of amides is 2. The summed E-state index contributed by atoms with van der Waals surface area (Å²) in [5.74, 6) is 0.230. The van der Waals surface area contributed by atoms with Gasteiger partial charge in [-0.05, 0) is 35.8 Å². The molecule has 0 unspecified atom stereocenters. The minimum absolute atomic E-state index is 0.0746. The van der Waals surface area contributed by atoms with Crippen molar-refractivity contribution in [2.45, 2.75) is 19.3 Å². The van der Waals surface area contributed by atoms with E-state index in [4.69, 9.17) is 0 Å². The monoisotopic (exact) mass is 290 g/mol. The Kier molecular flexibility index (Phi) is 3.61. The summed E-state index contributed by atoms with van der Waals surface area (Å²) in [6.07, 6.45) is 5.99. The highest BCUT2D eigenvalue weighted by Crippen LogP contribution is 2.37. The van der Waals surface area contributed by atoms with E-state index in [0.717, 1.165) is 37.4 Å². The molecule has 0 aromatic carbocycles. The van der Waals surface area contributed by atoms with Crippen LogP contribution in [0.2, 0.25) is 0 Å². The van der Waals surface area contributed by atoms with Crippen LogP contribution in [0.1, 0.15) is 24.1 Å². The number of hydrogen-bond acceptors (Lipinski definition) is 3. The van der Waals surface area contributed by atoms with Crippen molar-refractivity contribution >= 4 is 29.2 Å². The molecule has 0 atom stereocenters. The van der Waals surface area contributed by atoms with E-state index >= 15 is 0 Å². The van der Waals surface area contributed by atoms with E-state index in [1.807, 2.05) is 28.5 Å². The molecular formula is C15H18N2O2S. The summed E-state index contributed by atoms with van der Waals surface area (Å²) in [6.45, 7) is 2.28. The van der Waals surface area contributed by atoms with Crippen LogP contribution in [0, 0.1) is 5.41 Å². The van der Waals surface area contributed by atoms with E-state index < -0.39 is 0 Å². The van der Waals surface area contributed by atoms with Crippen molar-refractivity contribution < 1.29 is 9.59 Å². The second-order valence-corrected chi connectivity index (χ2v) is 6.61. The third-order valence-corrected chi connectivity index (χ3v) is 5.10. The van der Waals surface area contributed by atoms with Gasteiger partial charge in [0.2, 0.25) is 11.8 Å². The summed E-state index contributed by atoms with van der Waals surface area (Å²) in [5.41, 5.74) is 0.103. The van der Waals surface area contributed by atoms with Gasteiger partial charge in [-0.15, -0.1) is 11.3 Å². The largest absolute Gasteiger partial charge is 0.356 e. The third kappa shape index (κ3) is 2.77. The lowest BCUT2D eigenvalue weighted by atomic mass is 9.77. The molecule has 2 saturated heterocycles. The molecule has 0 bridgehead atoms. The van der Waals surface area contributed by atoms with Gasteiger partial charge in [-0.3, -0.25) is 9.59 Å². The van der Waals surface area contributed by atoms with Crippen LogP contribution in [0.3, 0.4) is 0 Å². The lowest BCUT2D eigenvalue weighted by Crippen LogP contribution is -2.43. The predicted octanol–water partition coefficient (Wildman–Crippen LogP) is 1.89. The second kappa shape index (κ2) is 5.40. The Morgan fingerprint density at radius 3 is 2.80 bits per heavy atom. The Balaban J connectivity index is 1.55. The molecule has 0 aliphatic carbocycles. The Morgan fingerprint density at radius 1 is 1.40 bits per heavy atom. The molecule has 5 heteroatoms. The fraction of sp³-hybridized carbons (Fsp3) is 0.467. The lowest BCUT2D eigenvalue weighted by molar-refractivity contribution is -0.128. The van der Waals surface area contributed by atoms with Gasteiger partial charge in [0.05, 0.1) is 0 Å². The van der Waals surface area contributed by atoms with Crippen LogP contribution in [-0.2, 0) is 9.59 Å². The number of thiophene rings is 1. The van der Waals surface area contributed by atoms with Gasteiger partial charge in [0.15, 0.2) is 0 Å². The summed E-state index contributed by atoms with van der Waals surface area (Å²) >= 11 is 1.62. The first-order valence-electron chi connectivity index (χ1n) is 6.94. The molecule has 1 aromatic rings. The number of rotatable bonds is 2. The third-order valence-electron chi connectivity index (χ3n) is 4.27. The quantitative estimate of drug-likeness (QED) is 0.846. The molecule has 2 aliphatic heterocycles. The van der Waals surface area contributed by atoms with E-state index in [9.17, 15) is 9.59 Å². The molecule has 2 amide bonds. The predicted molar refractivity (Wildman–Crippen MR) is 79.2 cm³/mol. The average Bonchev–Trinajstić information content (AvgIpc) is 3.08. The van der Waals surface area contributed by atoms with E-state index in [2.05, 4.69) is 5.32 Å². The van der Waals surface area contributed by atoms with Crippen LogP contribution in [0.5, 0.6) is 0 Å². The van der Waals surface area contributed by atoms with Gasteiger partial charge in [-0.25, -0.2) is 0 Å². The van der Waals surface area contributed by atoms with E-state index in [1.165, 1.54) is 0 Å². The molecule has 3 heterocycles. The molecular weight excluding hydrogens is 272 g/mol. The van der Waals surface area contributed by atoms with Crippen molar-refractivity contribution in [3.63, 3.8) is 0 Å². The zero-order chi connectivity index (χ0) is 14.0. The van der Waals surface area contributed by atoms with Gasteiger partial charge in [-0.1, -0.05) is 6.07 Å². The molecule has 2 fully saturated rings. The highest BCUT2D eigenvalue weighted by Gasteiger charge is 2.41. The van der Waals surface area contributed by atoms with Crippen LogP contribution in [0.15, 0.2) is 23.6 Å². The van der Waals surface area contributed by atoms with Crippen LogP contribution in [-0.4, -0.2) is 36.3 Å². The number of carbonyl (C=O) groups excluding carboxylic acids is 2. The molecule has 106 valence electrons. The molecule has 20 heavy (non-hydrogen) atoms. The normalized spacial score (nSPS) is 21.6. The Bertz CT molecular complexity index is 528. The highest BCUT2D eigenvalue weighted by molar-refractivity contribution is 7.10. The van der Waals surface area contributed by atoms with Crippen LogP contribution in [0.4, 0.5) is 0 Å². The van der Waals surface area contributed by atoms with Gasteiger partial charge in [-0.2, -0.15) is 0 Å². The number of piperidine rings is 1. The number of carbonyl (C=O) groups is 2. The zero-order valence-corrected chi connectivity index (χ0v) is 12.1. The summed E-state index contributed by atoms with van der Waals surface area (Å²) in [6, 6.07) is 3.97. The molecule has 4 nitrogen and oxygen atoms in total. The summed E-state index contributed by atoms with van der Waals surface area (Å²) in [4.78, 5) is 26.5. The van der Waals surface area contributed by atoms with Crippen molar-refractivity contribution in [3.8, 4) is 0 Å². The fourth-order valence-corrected chi connectivity index (χ4v) is 3.57. The van der Waals surface area contributed by atoms with Gasteiger partial charge in [0.25, 0.3) is 0 Å². The smallest absolute Gasteiger partial charge is 0.246 e. The van der Waals surface area contributed by atoms with E-state index in [-0.39, 0.29) is 17.2 Å². The number of hydrogen-bond donors (Lipinski definition) is 1. The molecule has 3 rings (SSSR count). The molecule has 0 radical (unpaired) electrons. The van der Waals surface area contributed by atoms with Crippen molar-refractivity contribution in [3.05, 3.63) is 28.5 Å². The average molecular weight is 290 g/mol. The number of nitrogens with zero attached hydrogens (tertiary/aromatic N) is 1. The molecule has 1 N–H and O–H groups in total. The first kappa shape index (κ1) is 13.4. The Morgan fingerprint density at radius 2 is 2.20 bits per heavy atom. The first-order valence-corrected chi connectivity index (χ1v) is 7.82. The lowest BCUT2D eigenvalue weighted by Gasteiger charge is -2.37.